The molecule has 1 aromatic heterocycles. The summed E-state index contributed by atoms with van der Waals surface area (Å²) < 4.78 is 0. The van der Waals surface area contributed by atoms with Gasteiger partial charge in [0.25, 0.3) is 5.91 Å². The summed E-state index contributed by atoms with van der Waals surface area (Å²) in [4.78, 5) is 13.8. The third-order valence-electron chi connectivity index (χ3n) is 3.06. The van der Waals surface area contributed by atoms with Gasteiger partial charge in [-0.25, -0.2) is 0 Å². The predicted molar refractivity (Wildman–Crippen MR) is 86.1 cm³/mol. The van der Waals surface area contributed by atoms with Crippen molar-refractivity contribution in [2.75, 3.05) is 6.54 Å². The van der Waals surface area contributed by atoms with Crippen molar-refractivity contribution in [2.45, 2.75) is 52.5 Å². The molecule has 4 heteroatoms. The van der Waals surface area contributed by atoms with Crippen molar-refractivity contribution >= 4 is 17.2 Å². The average Bonchev–Trinajstić information content (AvgIpc) is 2.78. The highest BCUT2D eigenvalue weighted by atomic mass is 32.1. The highest BCUT2D eigenvalue weighted by Gasteiger charge is 2.13. The molecule has 0 saturated heterocycles. The maximum absolute atomic E-state index is 12.2. The number of nitrogens with two attached hydrogens (primary N) is 1. The molecule has 1 atom stereocenters. The standard InChI is InChI=1S/C16H24N2OS/c1-4-5-6-8-13(3)18-16(19)15-11-12(2)14(20-15)9-7-10-17/h11,13H,4-6,8,10,17H2,1-3H3,(H,18,19). The van der Waals surface area contributed by atoms with Crippen LogP contribution in [-0.4, -0.2) is 18.5 Å². The van der Waals surface area contributed by atoms with E-state index in [4.69, 9.17) is 5.73 Å². The molecule has 0 bridgehead atoms. The Morgan fingerprint density at radius 2 is 2.25 bits per heavy atom. The number of unbranched alkanes of at least 4 members (excludes halogenated alkanes) is 2. The van der Waals surface area contributed by atoms with Crippen molar-refractivity contribution in [2.24, 2.45) is 5.73 Å². The summed E-state index contributed by atoms with van der Waals surface area (Å²) in [6.45, 7) is 6.55. The number of nitrogens with one attached hydrogen (secondary N) is 1. The Morgan fingerprint density at radius 3 is 2.90 bits per heavy atom. The van der Waals surface area contributed by atoms with Crippen molar-refractivity contribution in [3.63, 3.8) is 0 Å². The van der Waals surface area contributed by atoms with E-state index >= 15 is 0 Å². The number of thiophene rings is 1. The lowest BCUT2D eigenvalue weighted by Crippen LogP contribution is -2.31. The second-order valence-electron chi connectivity index (χ2n) is 5.00. The van der Waals surface area contributed by atoms with Crippen LogP contribution in [0.1, 0.15) is 59.6 Å². The van der Waals surface area contributed by atoms with Crippen LogP contribution in [-0.2, 0) is 0 Å². The van der Waals surface area contributed by atoms with Gasteiger partial charge in [0.05, 0.1) is 16.3 Å². The summed E-state index contributed by atoms with van der Waals surface area (Å²) in [5.41, 5.74) is 6.41. The number of rotatable bonds is 6. The number of carbonyl (C=O) groups is 1. The van der Waals surface area contributed by atoms with Crippen molar-refractivity contribution in [3.05, 3.63) is 21.4 Å². The third kappa shape index (κ3) is 5.36. The van der Waals surface area contributed by atoms with Gasteiger partial charge in [-0.1, -0.05) is 38.0 Å². The zero-order valence-corrected chi connectivity index (χ0v) is 13.4. The van der Waals surface area contributed by atoms with Crippen LogP contribution in [0.15, 0.2) is 6.07 Å². The first-order chi connectivity index (χ1) is 9.58. The molecule has 1 heterocycles. The van der Waals surface area contributed by atoms with E-state index < -0.39 is 0 Å². The summed E-state index contributed by atoms with van der Waals surface area (Å²) in [6.07, 6.45) is 4.61. The summed E-state index contributed by atoms with van der Waals surface area (Å²) in [5, 5.41) is 3.05. The lowest BCUT2D eigenvalue weighted by atomic mass is 10.1. The first kappa shape index (κ1) is 16.7. The second kappa shape index (κ2) is 8.78. The average molecular weight is 292 g/mol. The maximum Gasteiger partial charge on any atom is 0.261 e. The molecule has 110 valence electrons. The fourth-order valence-corrected chi connectivity index (χ4v) is 2.87. The van der Waals surface area contributed by atoms with Gasteiger partial charge in [-0.05, 0) is 31.9 Å². The highest BCUT2D eigenvalue weighted by molar-refractivity contribution is 7.14. The van der Waals surface area contributed by atoms with Gasteiger partial charge in [-0.15, -0.1) is 11.3 Å². The minimum absolute atomic E-state index is 0.00268. The van der Waals surface area contributed by atoms with Gasteiger partial charge in [-0.3, -0.25) is 4.79 Å². The zero-order valence-electron chi connectivity index (χ0n) is 12.6. The molecule has 0 aliphatic rings. The molecule has 3 nitrogen and oxygen atoms in total. The molecule has 0 fully saturated rings. The summed E-state index contributed by atoms with van der Waals surface area (Å²) in [6, 6.07) is 2.12. The molecule has 0 saturated carbocycles. The summed E-state index contributed by atoms with van der Waals surface area (Å²) in [5.74, 6) is 5.84. The zero-order chi connectivity index (χ0) is 15.0. The number of hydrogen-bond acceptors (Lipinski definition) is 3. The van der Waals surface area contributed by atoms with E-state index in [1.54, 1.807) is 0 Å². The molecule has 1 rings (SSSR count). The predicted octanol–water partition coefficient (Wildman–Crippen LogP) is 3.07. The fraction of sp³-hybridized carbons (Fsp3) is 0.562. The quantitative estimate of drug-likeness (QED) is 0.625. The first-order valence-corrected chi connectivity index (χ1v) is 8.00. The monoisotopic (exact) mass is 292 g/mol. The van der Waals surface area contributed by atoms with Crippen LogP contribution in [0.25, 0.3) is 0 Å². The summed E-state index contributed by atoms with van der Waals surface area (Å²) in [7, 11) is 0. The molecule has 0 radical (unpaired) electrons. The van der Waals surface area contributed by atoms with Crippen LogP contribution in [0.5, 0.6) is 0 Å². The smallest absolute Gasteiger partial charge is 0.261 e. The Kier molecular flexibility index (Phi) is 7.35. The first-order valence-electron chi connectivity index (χ1n) is 7.18. The van der Waals surface area contributed by atoms with Gasteiger partial charge < -0.3 is 11.1 Å². The number of amides is 1. The number of aryl methyl sites for hydroxylation is 1. The molecular formula is C16H24N2OS. The van der Waals surface area contributed by atoms with Crippen LogP contribution in [0, 0.1) is 18.8 Å². The largest absolute Gasteiger partial charge is 0.349 e. The highest BCUT2D eigenvalue weighted by Crippen LogP contribution is 2.21. The van der Waals surface area contributed by atoms with Crippen molar-refractivity contribution in [1.29, 1.82) is 0 Å². The van der Waals surface area contributed by atoms with E-state index in [1.807, 2.05) is 13.0 Å². The van der Waals surface area contributed by atoms with E-state index in [0.717, 1.165) is 28.2 Å². The van der Waals surface area contributed by atoms with Crippen LogP contribution < -0.4 is 11.1 Å². The van der Waals surface area contributed by atoms with Crippen molar-refractivity contribution in [3.8, 4) is 11.8 Å². The van der Waals surface area contributed by atoms with E-state index in [1.165, 1.54) is 24.2 Å². The van der Waals surface area contributed by atoms with Crippen LogP contribution in [0.2, 0.25) is 0 Å². The molecule has 1 aromatic rings. The Bertz CT molecular complexity index is 496. The van der Waals surface area contributed by atoms with Gasteiger partial charge in [-0.2, -0.15) is 0 Å². The van der Waals surface area contributed by atoms with Gasteiger partial charge in [0.15, 0.2) is 0 Å². The SMILES string of the molecule is CCCCCC(C)NC(=O)c1cc(C)c(C#CCN)s1. The van der Waals surface area contributed by atoms with E-state index in [0.29, 0.717) is 6.54 Å². The molecule has 1 unspecified atom stereocenters. The molecule has 0 aromatic carbocycles. The van der Waals surface area contributed by atoms with E-state index in [9.17, 15) is 4.79 Å². The van der Waals surface area contributed by atoms with Crippen molar-refractivity contribution < 1.29 is 4.79 Å². The molecular weight excluding hydrogens is 268 g/mol. The van der Waals surface area contributed by atoms with Gasteiger partial charge >= 0.3 is 0 Å². The topological polar surface area (TPSA) is 55.1 Å². The normalized spacial score (nSPS) is 11.6. The number of hydrogen-bond donors (Lipinski definition) is 2. The third-order valence-corrected chi connectivity index (χ3v) is 4.22. The fourth-order valence-electron chi connectivity index (χ4n) is 1.92. The van der Waals surface area contributed by atoms with Crippen LogP contribution in [0.4, 0.5) is 0 Å². The summed E-state index contributed by atoms with van der Waals surface area (Å²) >= 11 is 1.44. The Labute approximate surface area is 126 Å². The lowest BCUT2D eigenvalue weighted by Gasteiger charge is -2.12. The van der Waals surface area contributed by atoms with Crippen molar-refractivity contribution in [1.82, 2.24) is 5.32 Å². The molecule has 0 spiro atoms. The Morgan fingerprint density at radius 1 is 1.50 bits per heavy atom. The Hall–Kier alpha value is -1.31. The molecule has 20 heavy (non-hydrogen) atoms. The maximum atomic E-state index is 12.2. The molecule has 0 aliphatic carbocycles. The molecule has 0 aliphatic heterocycles. The van der Waals surface area contributed by atoms with Crippen LogP contribution >= 0.6 is 11.3 Å². The number of carbonyl (C=O) groups excluding carboxylic acids is 1. The van der Waals surface area contributed by atoms with Gasteiger partial charge in [0.1, 0.15) is 0 Å². The van der Waals surface area contributed by atoms with E-state index in [-0.39, 0.29) is 11.9 Å². The molecule has 1 amide bonds. The lowest BCUT2D eigenvalue weighted by molar-refractivity contribution is 0.0942. The van der Waals surface area contributed by atoms with Gasteiger partial charge in [0.2, 0.25) is 0 Å². The second-order valence-corrected chi connectivity index (χ2v) is 6.05. The van der Waals surface area contributed by atoms with Crippen LogP contribution in [0.3, 0.4) is 0 Å². The Balaban J connectivity index is 2.59. The minimum atomic E-state index is 0.00268. The molecule has 3 N–H and O–H groups in total. The van der Waals surface area contributed by atoms with Gasteiger partial charge in [0, 0.05) is 6.04 Å². The minimum Gasteiger partial charge on any atom is -0.349 e. The van der Waals surface area contributed by atoms with E-state index in [2.05, 4.69) is 31.0 Å².